The monoisotopic (exact) mass is 832 g/mol. The van der Waals surface area contributed by atoms with Gasteiger partial charge in [-0.2, -0.15) is 0 Å². The Labute approximate surface area is 356 Å². The summed E-state index contributed by atoms with van der Waals surface area (Å²) in [6.45, 7) is 14.1. The molecule has 2 aromatic carbocycles. The summed E-state index contributed by atoms with van der Waals surface area (Å²) < 4.78 is 18.3. The van der Waals surface area contributed by atoms with Gasteiger partial charge in [0.05, 0.1) is 42.7 Å². The fourth-order valence-corrected chi connectivity index (χ4v) is 8.48. The number of nitrogens with one attached hydrogen (secondary N) is 3. The molecule has 0 saturated carbocycles. The molecule has 1 aliphatic heterocycles. The Morgan fingerprint density at radius 3 is 2.07 bits per heavy atom. The first-order chi connectivity index (χ1) is 28.7. The summed E-state index contributed by atoms with van der Waals surface area (Å²) in [6.07, 6.45) is 1.33. The van der Waals surface area contributed by atoms with Gasteiger partial charge >= 0.3 is 0 Å². The molecule has 0 aliphatic carbocycles. The third-order valence-corrected chi connectivity index (χ3v) is 12.1. The number of likely N-dealkylation sites (tertiary alicyclic amines) is 1. The maximum atomic E-state index is 14.4. The van der Waals surface area contributed by atoms with E-state index in [2.05, 4.69) is 26.1 Å². The number of likely N-dealkylation sites (N-methyl/N-ethyl adjacent to an activating group) is 2. The van der Waals surface area contributed by atoms with Gasteiger partial charge in [-0.3, -0.25) is 19.2 Å². The molecule has 4 amide bonds. The summed E-state index contributed by atoms with van der Waals surface area (Å²) in [4.78, 5) is 59.6. The van der Waals surface area contributed by atoms with Crippen LogP contribution in [0.15, 0.2) is 65.1 Å². The highest BCUT2D eigenvalue weighted by atomic mass is 16.5. The molecule has 2 heterocycles. The maximum Gasteiger partial charge on any atom is 0.247 e. The number of ether oxygens (including phenoxy) is 2. The average Bonchev–Trinajstić information content (AvgIpc) is 3.94. The number of carbonyl (C=O) groups excluding carboxylic acids is 4. The standard InChI is InChI=1S/C46H69N7O7/c1-12-30(6)40(52(9)46(57)39(29(4)5)49-43(56)38(47-8)28(2)3)36(58-10)27-37(54)53-25-19-24-35(53)41(59-11)31(7)42(55)48-34(26-32-20-15-13-16-21-32)45-51-50-44(60-45)33-22-17-14-18-23-33/h13-18,20-23,28-31,34-36,38-41,47H,12,19,24-27H2,1-11H3,(H,48,55)(H,49,56)/t30-,31+,34-,35-,36+,38-,39-,40-,41+/m0/s1. The third-order valence-electron chi connectivity index (χ3n) is 12.1. The molecule has 3 N–H and O–H groups in total. The molecular formula is C46H69N7O7. The van der Waals surface area contributed by atoms with Crippen LogP contribution in [-0.4, -0.2) is 115 Å². The number of benzene rings is 2. The summed E-state index contributed by atoms with van der Waals surface area (Å²) in [5.41, 5.74) is 1.76. The number of aromatic nitrogens is 2. The van der Waals surface area contributed by atoms with E-state index in [9.17, 15) is 19.2 Å². The zero-order valence-corrected chi connectivity index (χ0v) is 37.5. The van der Waals surface area contributed by atoms with Crippen LogP contribution in [0.1, 0.15) is 91.6 Å². The van der Waals surface area contributed by atoms with Crippen molar-refractivity contribution in [2.24, 2.45) is 23.7 Å². The molecule has 0 radical (unpaired) electrons. The van der Waals surface area contributed by atoms with E-state index in [1.807, 2.05) is 114 Å². The Morgan fingerprint density at radius 2 is 1.50 bits per heavy atom. The highest BCUT2D eigenvalue weighted by molar-refractivity contribution is 5.90. The molecule has 330 valence electrons. The molecule has 4 rings (SSSR count). The third kappa shape index (κ3) is 12.0. The Kier molecular flexibility index (Phi) is 18.2. The Morgan fingerprint density at radius 1 is 0.867 bits per heavy atom. The predicted octanol–water partition coefficient (Wildman–Crippen LogP) is 5.44. The lowest BCUT2D eigenvalue weighted by Gasteiger charge is -2.41. The summed E-state index contributed by atoms with van der Waals surface area (Å²) in [5, 5.41) is 17.8. The van der Waals surface area contributed by atoms with Crippen molar-refractivity contribution in [1.29, 1.82) is 0 Å². The van der Waals surface area contributed by atoms with E-state index in [0.717, 1.165) is 24.0 Å². The quantitative estimate of drug-likeness (QED) is 0.119. The fraction of sp³-hybridized carbons (Fsp3) is 0.609. The van der Waals surface area contributed by atoms with Crippen molar-refractivity contribution < 1.29 is 33.1 Å². The SMILES string of the molecule is CC[C@H](C)[C@@H]([C@@H](CC(=O)N1CCC[C@H]1[C@H](OC)[C@@H](C)C(=O)N[C@@H](Cc1ccccc1)c1nnc(-c2ccccc2)o1)OC)N(C)C(=O)[C@@H](NC(=O)[C@@H](NC)C(C)C)C(C)C. The van der Waals surface area contributed by atoms with Crippen LogP contribution < -0.4 is 16.0 Å². The molecular weight excluding hydrogens is 763 g/mol. The van der Waals surface area contributed by atoms with E-state index in [1.54, 1.807) is 33.2 Å². The fourth-order valence-electron chi connectivity index (χ4n) is 8.48. The number of methoxy groups -OCH3 is 2. The molecule has 60 heavy (non-hydrogen) atoms. The second-order valence-electron chi connectivity index (χ2n) is 16.9. The number of amides is 4. The average molecular weight is 832 g/mol. The van der Waals surface area contributed by atoms with Crippen molar-refractivity contribution in [2.75, 3.05) is 34.9 Å². The van der Waals surface area contributed by atoms with Crippen LogP contribution in [0.4, 0.5) is 0 Å². The Balaban J connectivity index is 1.52. The van der Waals surface area contributed by atoms with Crippen molar-refractivity contribution in [3.05, 3.63) is 72.1 Å². The predicted molar refractivity (Wildman–Crippen MR) is 231 cm³/mol. The van der Waals surface area contributed by atoms with E-state index in [-0.39, 0.29) is 59.7 Å². The first-order valence-corrected chi connectivity index (χ1v) is 21.5. The summed E-state index contributed by atoms with van der Waals surface area (Å²) in [6, 6.07) is 16.6. The van der Waals surface area contributed by atoms with Crippen molar-refractivity contribution in [3.63, 3.8) is 0 Å². The van der Waals surface area contributed by atoms with Gasteiger partial charge < -0.3 is 39.6 Å². The van der Waals surface area contributed by atoms with E-state index in [4.69, 9.17) is 13.9 Å². The van der Waals surface area contributed by atoms with Crippen LogP contribution in [0.25, 0.3) is 11.5 Å². The highest BCUT2D eigenvalue weighted by Gasteiger charge is 2.43. The van der Waals surface area contributed by atoms with Gasteiger partial charge in [0, 0.05) is 39.8 Å². The molecule has 3 aromatic rings. The van der Waals surface area contributed by atoms with Gasteiger partial charge in [-0.25, -0.2) is 0 Å². The number of carbonyl (C=O) groups is 4. The number of rotatable bonds is 22. The summed E-state index contributed by atoms with van der Waals surface area (Å²) in [7, 11) is 6.61. The molecule has 1 fully saturated rings. The summed E-state index contributed by atoms with van der Waals surface area (Å²) >= 11 is 0. The molecule has 14 heteroatoms. The molecule has 0 unspecified atom stereocenters. The molecule has 14 nitrogen and oxygen atoms in total. The van der Waals surface area contributed by atoms with Crippen molar-refractivity contribution in [3.8, 4) is 11.5 Å². The molecule has 0 spiro atoms. The first kappa shape index (κ1) is 48.0. The van der Waals surface area contributed by atoms with Gasteiger partial charge in [-0.1, -0.05) is 103 Å². The van der Waals surface area contributed by atoms with Gasteiger partial charge in [0.15, 0.2) is 0 Å². The Hall–Kier alpha value is -4.66. The second kappa shape index (κ2) is 22.8. The lowest BCUT2D eigenvalue weighted by atomic mass is 9.89. The smallest absolute Gasteiger partial charge is 0.247 e. The van der Waals surface area contributed by atoms with Gasteiger partial charge in [-0.05, 0) is 55.3 Å². The molecule has 1 aliphatic rings. The van der Waals surface area contributed by atoms with Gasteiger partial charge in [0.2, 0.25) is 35.4 Å². The van der Waals surface area contributed by atoms with Crippen LogP contribution in [-0.2, 0) is 35.1 Å². The first-order valence-electron chi connectivity index (χ1n) is 21.5. The number of nitrogens with zero attached hydrogens (tertiary/aromatic N) is 4. The number of hydrogen-bond donors (Lipinski definition) is 3. The van der Waals surface area contributed by atoms with E-state index in [0.29, 0.717) is 25.3 Å². The summed E-state index contributed by atoms with van der Waals surface area (Å²) in [5.74, 6) is -1.08. The molecule has 1 aromatic heterocycles. The van der Waals surface area contributed by atoms with Crippen LogP contribution in [0.5, 0.6) is 0 Å². The van der Waals surface area contributed by atoms with E-state index in [1.165, 1.54) is 0 Å². The van der Waals surface area contributed by atoms with Crippen LogP contribution >= 0.6 is 0 Å². The van der Waals surface area contributed by atoms with Gasteiger partial charge in [0.25, 0.3) is 0 Å². The zero-order chi connectivity index (χ0) is 44.1. The highest BCUT2D eigenvalue weighted by Crippen LogP contribution is 2.31. The molecule has 9 atom stereocenters. The Bertz CT molecular complexity index is 1810. The van der Waals surface area contributed by atoms with Gasteiger partial charge in [0.1, 0.15) is 12.1 Å². The lowest BCUT2D eigenvalue weighted by Crippen LogP contribution is -2.59. The van der Waals surface area contributed by atoms with Gasteiger partial charge in [-0.15, -0.1) is 10.2 Å². The largest absolute Gasteiger partial charge is 0.418 e. The van der Waals surface area contributed by atoms with Crippen molar-refractivity contribution in [2.45, 2.75) is 123 Å². The normalized spacial score (nSPS) is 18.3. The maximum absolute atomic E-state index is 14.4. The lowest BCUT2D eigenvalue weighted by molar-refractivity contribution is -0.147. The van der Waals surface area contributed by atoms with Crippen LogP contribution in [0.3, 0.4) is 0 Å². The molecule has 0 bridgehead atoms. The topological polar surface area (TPSA) is 168 Å². The van der Waals surface area contributed by atoms with Crippen molar-refractivity contribution >= 4 is 23.6 Å². The van der Waals surface area contributed by atoms with Crippen LogP contribution in [0.2, 0.25) is 0 Å². The van der Waals surface area contributed by atoms with Crippen molar-refractivity contribution in [1.82, 2.24) is 35.9 Å². The minimum atomic E-state index is -0.770. The minimum absolute atomic E-state index is 0.0184. The zero-order valence-electron chi connectivity index (χ0n) is 37.5. The minimum Gasteiger partial charge on any atom is -0.418 e. The molecule has 1 saturated heterocycles. The van der Waals surface area contributed by atoms with E-state index < -0.39 is 42.3 Å². The van der Waals surface area contributed by atoms with Crippen LogP contribution in [0, 0.1) is 23.7 Å². The second-order valence-corrected chi connectivity index (χ2v) is 16.9. The number of hydrogen-bond acceptors (Lipinski definition) is 10. The van der Waals surface area contributed by atoms with E-state index >= 15 is 0 Å².